The molecule has 1 aromatic carbocycles. The molecule has 0 aliphatic rings. The molecule has 2 nitrogen and oxygen atoms in total. The summed E-state index contributed by atoms with van der Waals surface area (Å²) in [6, 6.07) is 14.5. The Kier molecular flexibility index (Phi) is 4.94. The summed E-state index contributed by atoms with van der Waals surface area (Å²) < 4.78 is 0. The van der Waals surface area contributed by atoms with E-state index in [0.717, 1.165) is 23.4 Å². The summed E-state index contributed by atoms with van der Waals surface area (Å²) in [6.07, 6.45) is 2.93. The predicted molar refractivity (Wildman–Crippen MR) is 85.1 cm³/mol. The molecule has 0 aliphatic carbocycles. The van der Waals surface area contributed by atoms with Gasteiger partial charge in [0.05, 0.1) is 12.2 Å². The third-order valence-electron chi connectivity index (χ3n) is 3.16. The van der Waals surface area contributed by atoms with Crippen molar-refractivity contribution in [1.82, 2.24) is 10.3 Å². The zero-order valence-electron chi connectivity index (χ0n) is 12.3. The van der Waals surface area contributed by atoms with Crippen molar-refractivity contribution in [2.45, 2.75) is 26.8 Å². The standard InChI is InChI=1S/C18H22N2/c1-14(2)12-16-7-9-17(10-8-16)15(3)20-13-18-6-4-5-11-19-18/h4-11,14,20H,3,12-13H2,1-2H3. The molecule has 0 spiro atoms. The summed E-state index contributed by atoms with van der Waals surface area (Å²) >= 11 is 0. The normalized spacial score (nSPS) is 10.6. The first-order valence-corrected chi connectivity index (χ1v) is 7.07. The first-order chi connectivity index (χ1) is 9.65. The van der Waals surface area contributed by atoms with Gasteiger partial charge in [-0.2, -0.15) is 0 Å². The molecule has 0 aliphatic heterocycles. The highest BCUT2D eigenvalue weighted by atomic mass is 14.9. The minimum absolute atomic E-state index is 0.686. The average molecular weight is 266 g/mol. The Hall–Kier alpha value is -2.09. The van der Waals surface area contributed by atoms with Crippen molar-refractivity contribution in [1.29, 1.82) is 0 Å². The molecule has 20 heavy (non-hydrogen) atoms. The summed E-state index contributed by atoms with van der Waals surface area (Å²) in [5.41, 5.74) is 4.46. The van der Waals surface area contributed by atoms with Crippen LogP contribution in [0.2, 0.25) is 0 Å². The lowest BCUT2D eigenvalue weighted by Gasteiger charge is -2.11. The van der Waals surface area contributed by atoms with E-state index < -0.39 is 0 Å². The van der Waals surface area contributed by atoms with Gasteiger partial charge in [0, 0.05) is 11.9 Å². The summed E-state index contributed by atoms with van der Waals surface area (Å²) in [7, 11) is 0. The van der Waals surface area contributed by atoms with Gasteiger partial charge in [-0.25, -0.2) is 0 Å². The van der Waals surface area contributed by atoms with Crippen LogP contribution in [-0.2, 0) is 13.0 Å². The molecule has 0 saturated carbocycles. The smallest absolute Gasteiger partial charge is 0.0594 e. The Morgan fingerprint density at radius 2 is 1.90 bits per heavy atom. The van der Waals surface area contributed by atoms with Gasteiger partial charge in [0.1, 0.15) is 0 Å². The van der Waals surface area contributed by atoms with Crippen molar-refractivity contribution in [2.24, 2.45) is 5.92 Å². The van der Waals surface area contributed by atoms with Crippen LogP contribution in [0.25, 0.3) is 5.70 Å². The summed E-state index contributed by atoms with van der Waals surface area (Å²) in [6.45, 7) is 9.27. The average Bonchev–Trinajstić information content (AvgIpc) is 2.46. The number of hydrogen-bond acceptors (Lipinski definition) is 2. The van der Waals surface area contributed by atoms with E-state index in [1.807, 2.05) is 18.2 Å². The number of rotatable bonds is 6. The van der Waals surface area contributed by atoms with Crippen LogP contribution in [0.1, 0.15) is 30.7 Å². The van der Waals surface area contributed by atoms with Crippen LogP contribution in [0, 0.1) is 5.92 Å². The van der Waals surface area contributed by atoms with Gasteiger partial charge >= 0.3 is 0 Å². The van der Waals surface area contributed by atoms with Gasteiger partial charge in [0.2, 0.25) is 0 Å². The van der Waals surface area contributed by atoms with Crippen LogP contribution in [-0.4, -0.2) is 4.98 Å². The molecule has 0 amide bonds. The van der Waals surface area contributed by atoms with Crippen LogP contribution < -0.4 is 5.32 Å². The Balaban J connectivity index is 1.92. The maximum Gasteiger partial charge on any atom is 0.0594 e. The molecule has 104 valence electrons. The molecular formula is C18H22N2. The molecule has 0 saturated heterocycles. The van der Waals surface area contributed by atoms with E-state index >= 15 is 0 Å². The van der Waals surface area contributed by atoms with Gasteiger partial charge in [-0.05, 0) is 35.6 Å². The Morgan fingerprint density at radius 1 is 1.15 bits per heavy atom. The van der Waals surface area contributed by atoms with E-state index in [-0.39, 0.29) is 0 Å². The van der Waals surface area contributed by atoms with Crippen LogP contribution >= 0.6 is 0 Å². The number of nitrogens with zero attached hydrogens (tertiary/aromatic N) is 1. The molecule has 0 atom stereocenters. The minimum atomic E-state index is 0.686. The lowest BCUT2D eigenvalue weighted by Crippen LogP contribution is -2.11. The number of benzene rings is 1. The zero-order chi connectivity index (χ0) is 14.4. The zero-order valence-corrected chi connectivity index (χ0v) is 12.3. The molecule has 0 unspecified atom stereocenters. The monoisotopic (exact) mass is 266 g/mol. The van der Waals surface area contributed by atoms with Gasteiger partial charge in [-0.3, -0.25) is 4.98 Å². The fourth-order valence-corrected chi connectivity index (χ4v) is 2.12. The van der Waals surface area contributed by atoms with E-state index in [0.29, 0.717) is 12.5 Å². The fourth-order valence-electron chi connectivity index (χ4n) is 2.12. The molecule has 2 rings (SSSR count). The first kappa shape index (κ1) is 14.3. The quantitative estimate of drug-likeness (QED) is 0.853. The Bertz CT molecular complexity index is 541. The second-order valence-electron chi connectivity index (χ2n) is 5.45. The summed E-state index contributed by atoms with van der Waals surface area (Å²) in [5.74, 6) is 0.686. The van der Waals surface area contributed by atoms with Crippen molar-refractivity contribution in [3.63, 3.8) is 0 Å². The van der Waals surface area contributed by atoms with Crippen molar-refractivity contribution in [3.05, 3.63) is 72.1 Å². The lowest BCUT2D eigenvalue weighted by molar-refractivity contribution is 0.647. The summed E-state index contributed by atoms with van der Waals surface area (Å²) in [4.78, 5) is 4.29. The molecule has 2 aromatic rings. The van der Waals surface area contributed by atoms with E-state index in [9.17, 15) is 0 Å². The molecule has 1 heterocycles. The van der Waals surface area contributed by atoms with Crippen LogP contribution in [0.15, 0.2) is 55.2 Å². The van der Waals surface area contributed by atoms with E-state index in [1.165, 1.54) is 5.56 Å². The highest BCUT2D eigenvalue weighted by molar-refractivity contribution is 5.61. The van der Waals surface area contributed by atoms with Gasteiger partial charge in [-0.15, -0.1) is 0 Å². The number of aromatic nitrogens is 1. The van der Waals surface area contributed by atoms with Crippen molar-refractivity contribution in [3.8, 4) is 0 Å². The molecule has 0 bridgehead atoms. The van der Waals surface area contributed by atoms with Gasteiger partial charge in [0.25, 0.3) is 0 Å². The highest BCUT2D eigenvalue weighted by Crippen LogP contribution is 2.14. The predicted octanol–water partition coefficient (Wildman–Crippen LogP) is 4.04. The number of pyridine rings is 1. The van der Waals surface area contributed by atoms with Gasteiger partial charge in [0.15, 0.2) is 0 Å². The lowest BCUT2D eigenvalue weighted by atomic mass is 10.0. The third-order valence-corrected chi connectivity index (χ3v) is 3.16. The molecule has 2 heteroatoms. The third kappa shape index (κ3) is 4.23. The maximum absolute atomic E-state index is 4.29. The van der Waals surface area contributed by atoms with E-state index in [2.05, 4.69) is 55.0 Å². The molecule has 0 fully saturated rings. The molecular weight excluding hydrogens is 244 g/mol. The maximum atomic E-state index is 4.29. The Labute approximate surface area is 121 Å². The van der Waals surface area contributed by atoms with E-state index in [4.69, 9.17) is 0 Å². The summed E-state index contributed by atoms with van der Waals surface area (Å²) in [5, 5.41) is 3.32. The largest absolute Gasteiger partial charge is 0.379 e. The molecule has 1 N–H and O–H groups in total. The first-order valence-electron chi connectivity index (χ1n) is 7.07. The van der Waals surface area contributed by atoms with Crippen LogP contribution in [0.3, 0.4) is 0 Å². The molecule has 1 aromatic heterocycles. The second-order valence-corrected chi connectivity index (χ2v) is 5.45. The van der Waals surface area contributed by atoms with Gasteiger partial charge < -0.3 is 5.32 Å². The van der Waals surface area contributed by atoms with Gasteiger partial charge in [-0.1, -0.05) is 50.8 Å². The number of hydrogen-bond donors (Lipinski definition) is 1. The van der Waals surface area contributed by atoms with Crippen LogP contribution in [0.5, 0.6) is 0 Å². The number of nitrogens with one attached hydrogen (secondary N) is 1. The molecule has 0 radical (unpaired) electrons. The Morgan fingerprint density at radius 3 is 2.50 bits per heavy atom. The SMILES string of the molecule is C=C(NCc1ccccn1)c1ccc(CC(C)C)cc1. The van der Waals surface area contributed by atoms with E-state index in [1.54, 1.807) is 6.20 Å². The van der Waals surface area contributed by atoms with Crippen LogP contribution in [0.4, 0.5) is 0 Å². The van der Waals surface area contributed by atoms with Crippen molar-refractivity contribution in [2.75, 3.05) is 0 Å². The van der Waals surface area contributed by atoms with Crippen molar-refractivity contribution < 1.29 is 0 Å². The topological polar surface area (TPSA) is 24.9 Å². The fraction of sp³-hybridized carbons (Fsp3) is 0.278. The van der Waals surface area contributed by atoms with Crippen molar-refractivity contribution >= 4 is 5.70 Å². The highest BCUT2D eigenvalue weighted by Gasteiger charge is 2.01. The second kappa shape index (κ2) is 6.90. The minimum Gasteiger partial charge on any atom is -0.379 e.